The van der Waals surface area contributed by atoms with Crippen LogP contribution in [0.5, 0.6) is 0 Å². The number of hydrogen-bond acceptors (Lipinski definition) is 4. The van der Waals surface area contributed by atoms with Gasteiger partial charge in [-0.25, -0.2) is 0 Å². The zero-order valence-corrected chi connectivity index (χ0v) is 10.8. The smallest absolute Gasteiger partial charge is 0.307 e. The van der Waals surface area contributed by atoms with Crippen molar-refractivity contribution in [3.63, 3.8) is 0 Å². The maximum atomic E-state index is 11.2. The summed E-state index contributed by atoms with van der Waals surface area (Å²) >= 11 is 0. The van der Waals surface area contributed by atoms with Crippen molar-refractivity contribution in [1.29, 1.82) is 0 Å². The standard InChI is InChI=1S/C12H21N3O3/c1-9(16)14-2-4-15(5-3-14)11-6-10(12(17)18)7-13-8-11/h10-11,13H,2-8H2,1H3,(H,17,18)/t10-,11-/m0/s1. The first-order valence-corrected chi connectivity index (χ1v) is 6.51. The molecule has 2 N–H and O–H groups in total. The van der Waals surface area contributed by atoms with E-state index in [1.54, 1.807) is 6.92 Å². The quantitative estimate of drug-likeness (QED) is 0.677. The van der Waals surface area contributed by atoms with Crippen LogP contribution in [0.1, 0.15) is 13.3 Å². The molecule has 2 fully saturated rings. The summed E-state index contributed by atoms with van der Waals surface area (Å²) in [6.07, 6.45) is 0.711. The molecule has 2 aliphatic rings. The molecule has 0 radical (unpaired) electrons. The summed E-state index contributed by atoms with van der Waals surface area (Å²) < 4.78 is 0. The number of carbonyl (C=O) groups excluding carboxylic acids is 1. The number of nitrogens with zero attached hydrogens (tertiary/aromatic N) is 2. The fourth-order valence-corrected chi connectivity index (χ4v) is 2.79. The van der Waals surface area contributed by atoms with Crippen molar-refractivity contribution in [1.82, 2.24) is 15.1 Å². The first kappa shape index (κ1) is 13.3. The van der Waals surface area contributed by atoms with E-state index in [0.29, 0.717) is 13.0 Å². The van der Waals surface area contributed by atoms with Gasteiger partial charge < -0.3 is 15.3 Å². The van der Waals surface area contributed by atoms with Gasteiger partial charge in [0.05, 0.1) is 5.92 Å². The van der Waals surface area contributed by atoms with E-state index in [0.717, 1.165) is 32.7 Å². The van der Waals surface area contributed by atoms with Crippen molar-refractivity contribution in [2.45, 2.75) is 19.4 Å². The van der Waals surface area contributed by atoms with Gasteiger partial charge in [0.1, 0.15) is 0 Å². The van der Waals surface area contributed by atoms with E-state index in [1.165, 1.54) is 0 Å². The topological polar surface area (TPSA) is 72.9 Å². The fourth-order valence-electron chi connectivity index (χ4n) is 2.79. The third-order valence-corrected chi connectivity index (χ3v) is 3.95. The van der Waals surface area contributed by atoms with Crippen LogP contribution in [0.3, 0.4) is 0 Å². The molecule has 2 saturated heterocycles. The SMILES string of the molecule is CC(=O)N1CCN([C@@H]2CNC[C@@H](C(=O)O)C2)CC1. The van der Waals surface area contributed by atoms with Crippen molar-refractivity contribution in [2.75, 3.05) is 39.3 Å². The molecule has 0 aliphatic carbocycles. The molecule has 102 valence electrons. The first-order valence-electron chi connectivity index (χ1n) is 6.51. The second-order valence-electron chi connectivity index (χ2n) is 5.12. The third kappa shape index (κ3) is 3.00. The van der Waals surface area contributed by atoms with Gasteiger partial charge >= 0.3 is 5.97 Å². The number of hydrogen-bond donors (Lipinski definition) is 2. The Balaban J connectivity index is 1.85. The lowest BCUT2D eigenvalue weighted by Crippen LogP contribution is -2.57. The predicted octanol–water partition coefficient (Wildman–Crippen LogP) is -0.787. The maximum absolute atomic E-state index is 11.2. The second-order valence-corrected chi connectivity index (χ2v) is 5.12. The number of piperidine rings is 1. The minimum Gasteiger partial charge on any atom is -0.481 e. The number of rotatable bonds is 2. The van der Waals surface area contributed by atoms with Gasteiger partial charge in [0.15, 0.2) is 0 Å². The Morgan fingerprint density at radius 1 is 1.17 bits per heavy atom. The van der Waals surface area contributed by atoms with E-state index in [-0.39, 0.29) is 17.9 Å². The molecule has 6 nitrogen and oxygen atoms in total. The summed E-state index contributed by atoms with van der Waals surface area (Å²) in [7, 11) is 0. The molecule has 0 unspecified atom stereocenters. The highest BCUT2D eigenvalue weighted by Crippen LogP contribution is 2.17. The second kappa shape index (κ2) is 5.67. The van der Waals surface area contributed by atoms with E-state index in [1.807, 2.05) is 4.90 Å². The minimum atomic E-state index is -0.713. The van der Waals surface area contributed by atoms with Crippen molar-refractivity contribution in [3.05, 3.63) is 0 Å². The molecular formula is C12H21N3O3. The number of carboxylic acid groups (broad SMARTS) is 1. The van der Waals surface area contributed by atoms with E-state index in [4.69, 9.17) is 5.11 Å². The number of nitrogens with one attached hydrogen (secondary N) is 1. The maximum Gasteiger partial charge on any atom is 0.307 e. The van der Waals surface area contributed by atoms with Gasteiger partial charge in [-0.15, -0.1) is 0 Å². The van der Waals surface area contributed by atoms with Gasteiger partial charge in [-0.3, -0.25) is 14.5 Å². The molecule has 0 bridgehead atoms. The van der Waals surface area contributed by atoms with E-state index in [9.17, 15) is 9.59 Å². The summed E-state index contributed by atoms with van der Waals surface area (Å²) in [4.78, 5) is 26.4. The molecule has 2 aliphatic heterocycles. The lowest BCUT2D eigenvalue weighted by molar-refractivity contribution is -0.143. The molecule has 2 heterocycles. The van der Waals surface area contributed by atoms with Crippen molar-refractivity contribution in [2.24, 2.45) is 5.92 Å². The minimum absolute atomic E-state index is 0.125. The van der Waals surface area contributed by atoms with Gasteiger partial charge in [-0.2, -0.15) is 0 Å². The zero-order chi connectivity index (χ0) is 13.1. The summed E-state index contributed by atoms with van der Waals surface area (Å²) in [6.45, 7) is 6.21. The number of amides is 1. The van der Waals surface area contributed by atoms with Crippen molar-refractivity contribution >= 4 is 11.9 Å². The van der Waals surface area contributed by atoms with Gasteiger partial charge in [0.25, 0.3) is 0 Å². The van der Waals surface area contributed by atoms with Gasteiger partial charge in [0.2, 0.25) is 5.91 Å². The van der Waals surface area contributed by atoms with Crippen LogP contribution >= 0.6 is 0 Å². The predicted molar refractivity (Wildman–Crippen MR) is 66.2 cm³/mol. The highest BCUT2D eigenvalue weighted by atomic mass is 16.4. The lowest BCUT2D eigenvalue weighted by atomic mass is 9.94. The summed E-state index contributed by atoms with van der Waals surface area (Å²) in [6, 6.07) is 0.286. The number of carbonyl (C=O) groups is 2. The molecule has 1 amide bonds. The van der Waals surface area contributed by atoms with Crippen LogP contribution in [-0.4, -0.2) is 72.1 Å². The molecule has 0 aromatic carbocycles. The van der Waals surface area contributed by atoms with Crippen LogP contribution in [0.2, 0.25) is 0 Å². The molecule has 0 saturated carbocycles. The average Bonchev–Trinajstić information content (AvgIpc) is 2.39. The Morgan fingerprint density at radius 2 is 1.83 bits per heavy atom. The van der Waals surface area contributed by atoms with Crippen LogP contribution < -0.4 is 5.32 Å². The van der Waals surface area contributed by atoms with Gasteiger partial charge in [0, 0.05) is 52.2 Å². The molecule has 2 rings (SSSR count). The molecular weight excluding hydrogens is 234 g/mol. The highest BCUT2D eigenvalue weighted by Gasteiger charge is 2.32. The summed E-state index contributed by atoms with van der Waals surface area (Å²) in [5.41, 5.74) is 0. The largest absolute Gasteiger partial charge is 0.481 e. The van der Waals surface area contributed by atoms with Gasteiger partial charge in [-0.05, 0) is 6.42 Å². The Labute approximate surface area is 107 Å². The first-order chi connectivity index (χ1) is 8.58. The molecule has 0 spiro atoms. The molecule has 6 heteroatoms. The Bertz CT molecular complexity index is 327. The average molecular weight is 255 g/mol. The number of carboxylic acids is 1. The van der Waals surface area contributed by atoms with Gasteiger partial charge in [-0.1, -0.05) is 0 Å². The van der Waals surface area contributed by atoms with Crippen LogP contribution in [0.15, 0.2) is 0 Å². The fraction of sp³-hybridized carbons (Fsp3) is 0.833. The van der Waals surface area contributed by atoms with Crippen LogP contribution in [0.25, 0.3) is 0 Å². The molecule has 0 aromatic rings. The van der Waals surface area contributed by atoms with Crippen LogP contribution in [0, 0.1) is 5.92 Å². The van der Waals surface area contributed by atoms with Crippen LogP contribution in [-0.2, 0) is 9.59 Å². The number of aliphatic carboxylic acids is 1. The zero-order valence-electron chi connectivity index (χ0n) is 10.8. The van der Waals surface area contributed by atoms with Crippen molar-refractivity contribution in [3.8, 4) is 0 Å². The van der Waals surface area contributed by atoms with Crippen molar-refractivity contribution < 1.29 is 14.7 Å². The highest BCUT2D eigenvalue weighted by molar-refractivity contribution is 5.73. The Morgan fingerprint density at radius 3 is 2.39 bits per heavy atom. The molecule has 18 heavy (non-hydrogen) atoms. The Hall–Kier alpha value is -1.14. The summed E-state index contributed by atoms with van der Waals surface area (Å²) in [5, 5.41) is 12.3. The van der Waals surface area contributed by atoms with E-state index >= 15 is 0 Å². The Kier molecular flexibility index (Phi) is 4.19. The van der Waals surface area contributed by atoms with Crippen LogP contribution in [0.4, 0.5) is 0 Å². The molecule has 0 aromatic heterocycles. The normalized spacial score (nSPS) is 30.2. The monoisotopic (exact) mass is 255 g/mol. The third-order valence-electron chi connectivity index (χ3n) is 3.95. The van der Waals surface area contributed by atoms with E-state index in [2.05, 4.69) is 10.2 Å². The van der Waals surface area contributed by atoms with E-state index < -0.39 is 5.97 Å². The molecule has 2 atom stereocenters. The lowest BCUT2D eigenvalue weighted by Gasteiger charge is -2.41. The summed E-state index contributed by atoms with van der Waals surface area (Å²) in [5.74, 6) is -0.871. The number of piperazine rings is 1.